The Morgan fingerprint density at radius 1 is 0.839 bits per heavy atom. The maximum Gasteiger partial charge on any atom is 0.308 e. The normalized spacial score (nSPS) is 10.7. The van der Waals surface area contributed by atoms with Crippen LogP contribution in [-0.2, 0) is 30.4 Å². The summed E-state index contributed by atoms with van der Waals surface area (Å²) in [4.78, 5) is 48.7. The SMILES string of the molecule is CC(=O)Oc1c(C(OC(C)=O)OC(C)=O)c(=O)n(Cc2ccccc2)c2ccccc12. The van der Waals surface area contributed by atoms with Crippen molar-refractivity contribution in [3.63, 3.8) is 0 Å². The van der Waals surface area contributed by atoms with Crippen molar-refractivity contribution < 1.29 is 28.6 Å². The predicted octanol–water partition coefficient (Wildman–Crippen LogP) is 3.10. The first-order chi connectivity index (χ1) is 14.8. The first-order valence-corrected chi connectivity index (χ1v) is 9.50. The molecule has 1 heterocycles. The van der Waals surface area contributed by atoms with Gasteiger partial charge in [0.15, 0.2) is 5.75 Å². The molecule has 0 amide bonds. The molecule has 3 aromatic rings. The number of carbonyl (C=O) groups is 3. The van der Waals surface area contributed by atoms with Crippen molar-refractivity contribution in [1.82, 2.24) is 4.57 Å². The summed E-state index contributed by atoms with van der Waals surface area (Å²) in [5, 5.41) is 0.424. The summed E-state index contributed by atoms with van der Waals surface area (Å²) in [7, 11) is 0. The third-order valence-corrected chi connectivity index (χ3v) is 4.37. The van der Waals surface area contributed by atoms with E-state index in [1.807, 2.05) is 30.3 Å². The maximum atomic E-state index is 13.6. The third-order valence-electron chi connectivity index (χ3n) is 4.37. The molecule has 0 N–H and O–H groups in total. The van der Waals surface area contributed by atoms with Gasteiger partial charge in [-0.15, -0.1) is 0 Å². The number of para-hydroxylation sites is 1. The van der Waals surface area contributed by atoms with Crippen molar-refractivity contribution in [2.75, 3.05) is 0 Å². The smallest absolute Gasteiger partial charge is 0.308 e. The van der Waals surface area contributed by atoms with Gasteiger partial charge in [0, 0.05) is 26.2 Å². The molecule has 0 spiro atoms. The van der Waals surface area contributed by atoms with E-state index in [2.05, 4.69) is 0 Å². The van der Waals surface area contributed by atoms with Crippen LogP contribution >= 0.6 is 0 Å². The zero-order chi connectivity index (χ0) is 22.5. The summed E-state index contributed by atoms with van der Waals surface area (Å²) >= 11 is 0. The Hall–Kier alpha value is -3.94. The maximum absolute atomic E-state index is 13.6. The van der Waals surface area contributed by atoms with Gasteiger partial charge in [0.05, 0.1) is 12.1 Å². The Bertz CT molecular complexity index is 1180. The molecule has 0 bridgehead atoms. The fourth-order valence-corrected chi connectivity index (χ4v) is 3.23. The first kappa shape index (κ1) is 21.8. The number of fused-ring (bicyclic) bond motifs is 1. The number of pyridine rings is 1. The number of nitrogens with zero attached hydrogens (tertiary/aromatic N) is 1. The Morgan fingerprint density at radius 2 is 1.42 bits per heavy atom. The number of carbonyl (C=O) groups excluding carboxylic acids is 3. The van der Waals surface area contributed by atoms with Crippen LogP contribution in [0.25, 0.3) is 10.9 Å². The number of rotatable bonds is 6. The van der Waals surface area contributed by atoms with Gasteiger partial charge in [-0.05, 0) is 17.7 Å². The number of benzene rings is 2. The third kappa shape index (κ3) is 4.98. The van der Waals surface area contributed by atoms with Crippen LogP contribution in [0, 0.1) is 0 Å². The van der Waals surface area contributed by atoms with Crippen LogP contribution in [0.2, 0.25) is 0 Å². The second-order valence-corrected chi connectivity index (χ2v) is 6.78. The van der Waals surface area contributed by atoms with E-state index in [4.69, 9.17) is 14.2 Å². The van der Waals surface area contributed by atoms with Crippen LogP contribution in [-0.4, -0.2) is 22.5 Å². The minimum atomic E-state index is -1.68. The minimum Gasteiger partial charge on any atom is -0.425 e. The Kier molecular flexibility index (Phi) is 6.49. The lowest BCUT2D eigenvalue weighted by Crippen LogP contribution is -2.31. The van der Waals surface area contributed by atoms with E-state index in [9.17, 15) is 19.2 Å². The van der Waals surface area contributed by atoms with Crippen LogP contribution in [0.5, 0.6) is 5.75 Å². The van der Waals surface area contributed by atoms with Crippen molar-refractivity contribution in [2.24, 2.45) is 0 Å². The lowest BCUT2D eigenvalue weighted by molar-refractivity contribution is -0.186. The first-order valence-electron chi connectivity index (χ1n) is 9.50. The number of hydrogen-bond donors (Lipinski definition) is 0. The molecular weight excluding hydrogens is 402 g/mol. The monoisotopic (exact) mass is 423 g/mol. The van der Waals surface area contributed by atoms with Crippen molar-refractivity contribution in [1.29, 1.82) is 0 Å². The largest absolute Gasteiger partial charge is 0.425 e. The van der Waals surface area contributed by atoms with Crippen molar-refractivity contribution in [3.05, 3.63) is 76.1 Å². The van der Waals surface area contributed by atoms with Gasteiger partial charge in [0.25, 0.3) is 11.8 Å². The predicted molar refractivity (Wildman–Crippen MR) is 111 cm³/mol. The zero-order valence-corrected chi connectivity index (χ0v) is 17.3. The molecule has 0 saturated carbocycles. The fourth-order valence-electron chi connectivity index (χ4n) is 3.23. The topological polar surface area (TPSA) is 101 Å². The van der Waals surface area contributed by atoms with Gasteiger partial charge >= 0.3 is 17.9 Å². The van der Waals surface area contributed by atoms with E-state index in [0.29, 0.717) is 10.9 Å². The zero-order valence-electron chi connectivity index (χ0n) is 17.3. The average Bonchev–Trinajstić information content (AvgIpc) is 2.70. The Labute approximate surface area is 178 Å². The van der Waals surface area contributed by atoms with Gasteiger partial charge in [0.2, 0.25) is 0 Å². The Morgan fingerprint density at radius 3 is 2.00 bits per heavy atom. The molecule has 8 heteroatoms. The molecule has 8 nitrogen and oxygen atoms in total. The van der Waals surface area contributed by atoms with Crippen LogP contribution in [0.15, 0.2) is 59.4 Å². The molecule has 2 aromatic carbocycles. The van der Waals surface area contributed by atoms with Crippen molar-refractivity contribution in [2.45, 2.75) is 33.6 Å². The summed E-state index contributed by atoms with van der Waals surface area (Å²) in [6, 6.07) is 16.1. The molecular formula is C23H21NO7. The molecule has 0 saturated heterocycles. The molecule has 0 unspecified atom stereocenters. The number of aromatic nitrogens is 1. The highest BCUT2D eigenvalue weighted by molar-refractivity contribution is 5.89. The van der Waals surface area contributed by atoms with E-state index in [-0.39, 0.29) is 17.9 Å². The van der Waals surface area contributed by atoms with Gasteiger partial charge < -0.3 is 18.8 Å². The summed E-state index contributed by atoms with van der Waals surface area (Å²) in [5.74, 6) is -2.36. The highest BCUT2D eigenvalue weighted by Crippen LogP contribution is 2.34. The van der Waals surface area contributed by atoms with Gasteiger partial charge in [-0.25, -0.2) is 0 Å². The van der Waals surface area contributed by atoms with E-state index < -0.39 is 29.8 Å². The van der Waals surface area contributed by atoms with E-state index in [0.717, 1.165) is 19.4 Å². The second-order valence-electron chi connectivity index (χ2n) is 6.78. The standard InChI is InChI=1S/C23H21NO7/c1-14(25)29-21-18-11-7-8-12-19(18)24(13-17-9-5-4-6-10-17)22(28)20(21)23(30-15(2)26)31-16(3)27/h4-12,23H,13H2,1-3H3. The van der Waals surface area contributed by atoms with Crippen molar-refractivity contribution >= 4 is 28.8 Å². The summed E-state index contributed by atoms with van der Waals surface area (Å²) in [5.41, 5.74) is 0.472. The molecule has 31 heavy (non-hydrogen) atoms. The molecule has 0 aliphatic heterocycles. The number of hydrogen-bond acceptors (Lipinski definition) is 7. The minimum absolute atomic E-state index is 0.120. The molecule has 0 aliphatic carbocycles. The van der Waals surface area contributed by atoms with Gasteiger partial charge in [0.1, 0.15) is 5.56 Å². The molecule has 160 valence electrons. The van der Waals surface area contributed by atoms with Crippen LogP contribution in [0.1, 0.15) is 38.2 Å². The quantitative estimate of drug-likeness (QED) is 0.443. The highest BCUT2D eigenvalue weighted by Gasteiger charge is 2.30. The van der Waals surface area contributed by atoms with E-state index >= 15 is 0 Å². The molecule has 0 radical (unpaired) electrons. The Balaban J connectivity index is 2.35. The molecule has 0 aliphatic rings. The lowest BCUT2D eigenvalue weighted by atomic mass is 10.1. The average molecular weight is 423 g/mol. The van der Waals surface area contributed by atoms with Crippen molar-refractivity contribution in [3.8, 4) is 5.75 Å². The lowest BCUT2D eigenvalue weighted by Gasteiger charge is -2.22. The van der Waals surface area contributed by atoms with Crippen LogP contribution in [0.3, 0.4) is 0 Å². The van der Waals surface area contributed by atoms with Gasteiger partial charge in [-0.3, -0.25) is 19.2 Å². The summed E-state index contributed by atoms with van der Waals surface area (Å²) < 4.78 is 17.0. The van der Waals surface area contributed by atoms with E-state index in [1.165, 1.54) is 11.5 Å². The molecule has 3 rings (SSSR count). The fraction of sp³-hybridized carbons (Fsp3) is 0.217. The molecule has 0 fully saturated rings. The highest BCUT2D eigenvalue weighted by atomic mass is 16.7. The van der Waals surface area contributed by atoms with E-state index in [1.54, 1.807) is 24.3 Å². The molecule has 1 aromatic heterocycles. The summed E-state index contributed by atoms with van der Waals surface area (Å²) in [6.45, 7) is 3.61. The van der Waals surface area contributed by atoms with Gasteiger partial charge in [-0.1, -0.05) is 42.5 Å². The number of esters is 3. The summed E-state index contributed by atoms with van der Waals surface area (Å²) in [6.07, 6.45) is -1.68. The van der Waals surface area contributed by atoms with Gasteiger partial charge in [-0.2, -0.15) is 0 Å². The van der Waals surface area contributed by atoms with Crippen LogP contribution < -0.4 is 10.3 Å². The van der Waals surface area contributed by atoms with Crippen LogP contribution in [0.4, 0.5) is 0 Å². The second kappa shape index (κ2) is 9.25. The number of ether oxygens (including phenoxy) is 3. The molecule has 0 atom stereocenters.